The normalized spacial score (nSPS) is 12.5. The number of nitrogens with one attached hydrogen (secondary N) is 1. The van der Waals surface area contributed by atoms with E-state index >= 15 is 0 Å². The molecule has 6 heteroatoms. The van der Waals surface area contributed by atoms with Crippen LogP contribution in [-0.2, 0) is 11.2 Å². The fraction of sp³-hybridized carbons (Fsp3) is 0.259. The van der Waals surface area contributed by atoms with Gasteiger partial charge in [-0.3, -0.25) is 9.59 Å². The van der Waals surface area contributed by atoms with Crippen molar-refractivity contribution in [2.75, 3.05) is 5.32 Å². The highest BCUT2D eigenvalue weighted by atomic mass is 16.4. The van der Waals surface area contributed by atoms with E-state index in [1.807, 2.05) is 49.4 Å². The highest BCUT2D eigenvalue weighted by molar-refractivity contribution is 6.04. The Balaban J connectivity index is 1.58. The van der Waals surface area contributed by atoms with Gasteiger partial charge >= 0.3 is 5.97 Å². The molecule has 170 valence electrons. The number of aryl methyl sites for hydroxylation is 2. The van der Waals surface area contributed by atoms with Gasteiger partial charge in [0.25, 0.3) is 5.91 Å². The topological polar surface area (TPSA) is 95.8 Å². The lowest BCUT2D eigenvalue weighted by molar-refractivity contribution is -0.142. The van der Waals surface area contributed by atoms with Crippen molar-refractivity contribution >= 4 is 17.6 Å². The third-order valence-electron chi connectivity index (χ3n) is 5.71. The number of benzene rings is 3. The van der Waals surface area contributed by atoms with Gasteiger partial charge in [0.1, 0.15) is 6.04 Å². The van der Waals surface area contributed by atoms with E-state index in [2.05, 4.69) is 10.5 Å². The van der Waals surface area contributed by atoms with Crippen LogP contribution in [0.2, 0.25) is 0 Å². The molecular weight excluding hydrogens is 416 g/mol. The van der Waals surface area contributed by atoms with Gasteiger partial charge in [0.05, 0.1) is 5.92 Å². The highest BCUT2D eigenvalue weighted by Crippen LogP contribution is 2.29. The van der Waals surface area contributed by atoms with Crippen LogP contribution in [0.4, 0.5) is 5.69 Å². The summed E-state index contributed by atoms with van der Waals surface area (Å²) in [5, 5.41) is 15.7. The number of anilines is 1. The third-order valence-corrected chi connectivity index (χ3v) is 5.71. The van der Waals surface area contributed by atoms with Crippen molar-refractivity contribution in [3.63, 3.8) is 0 Å². The first-order valence-electron chi connectivity index (χ1n) is 11.0. The van der Waals surface area contributed by atoms with Gasteiger partial charge in [0, 0.05) is 11.3 Å². The first-order valence-corrected chi connectivity index (χ1v) is 11.0. The summed E-state index contributed by atoms with van der Waals surface area (Å²) < 4.78 is 0. The monoisotopic (exact) mass is 444 g/mol. The van der Waals surface area contributed by atoms with E-state index in [0.717, 1.165) is 24.0 Å². The number of nitrogens with zero attached hydrogens (tertiary/aromatic N) is 1. The van der Waals surface area contributed by atoms with Crippen LogP contribution in [0.3, 0.4) is 0 Å². The third kappa shape index (κ3) is 7.10. The Morgan fingerprint density at radius 3 is 2.21 bits per heavy atom. The minimum absolute atomic E-state index is 0.142. The lowest BCUT2D eigenvalue weighted by Crippen LogP contribution is -2.17. The molecule has 0 fully saturated rings. The number of hydrogen-bond acceptors (Lipinski definition) is 4. The van der Waals surface area contributed by atoms with E-state index in [9.17, 15) is 19.6 Å². The SMILES string of the molecule is Cc1ccc(C(=O)Nc2ccc(C(CC(CCCc3ccccc3)C(=O)O)N=O)cc2)cc1. The predicted octanol–water partition coefficient (Wildman–Crippen LogP) is 6.17. The molecule has 0 radical (unpaired) electrons. The van der Waals surface area contributed by atoms with Crippen LogP contribution in [0, 0.1) is 17.7 Å². The standard InChI is InChI=1S/C27H28N2O4/c1-19-10-12-22(13-11-19)26(30)28-24-16-14-21(15-17-24)25(29-33)18-23(27(31)32)9-5-8-20-6-3-2-4-7-20/h2-4,6-7,10-17,23,25H,5,8-9,18H2,1H3,(H,28,30)(H,31,32). The van der Waals surface area contributed by atoms with E-state index in [1.54, 1.807) is 36.4 Å². The molecule has 0 saturated carbocycles. The minimum Gasteiger partial charge on any atom is -0.481 e. The molecule has 0 aromatic heterocycles. The summed E-state index contributed by atoms with van der Waals surface area (Å²) in [4.78, 5) is 35.7. The Bertz CT molecular complexity index is 1060. The zero-order valence-electron chi connectivity index (χ0n) is 18.6. The summed E-state index contributed by atoms with van der Waals surface area (Å²) in [5.41, 5.74) is 4.01. The zero-order valence-corrected chi connectivity index (χ0v) is 18.6. The fourth-order valence-corrected chi connectivity index (χ4v) is 3.75. The average Bonchev–Trinajstić information content (AvgIpc) is 2.83. The molecule has 0 saturated heterocycles. The molecule has 0 heterocycles. The Labute approximate surface area is 193 Å². The maximum atomic E-state index is 12.4. The highest BCUT2D eigenvalue weighted by Gasteiger charge is 2.24. The van der Waals surface area contributed by atoms with Crippen molar-refractivity contribution in [2.45, 2.75) is 38.6 Å². The summed E-state index contributed by atoms with van der Waals surface area (Å²) in [6.45, 7) is 1.95. The van der Waals surface area contributed by atoms with E-state index in [1.165, 1.54) is 0 Å². The molecule has 6 nitrogen and oxygen atoms in total. The molecule has 0 aliphatic rings. The number of rotatable bonds is 11. The van der Waals surface area contributed by atoms with Gasteiger partial charge in [0.15, 0.2) is 0 Å². The lowest BCUT2D eigenvalue weighted by Gasteiger charge is -2.17. The van der Waals surface area contributed by atoms with Crippen molar-refractivity contribution in [2.24, 2.45) is 11.1 Å². The maximum Gasteiger partial charge on any atom is 0.306 e. The molecule has 3 rings (SSSR count). The summed E-state index contributed by atoms with van der Waals surface area (Å²) >= 11 is 0. The Hall–Kier alpha value is -3.80. The van der Waals surface area contributed by atoms with Crippen molar-refractivity contribution in [1.29, 1.82) is 0 Å². The molecule has 0 aliphatic carbocycles. The van der Waals surface area contributed by atoms with E-state index in [4.69, 9.17) is 0 Å². The van der Waals surface area contributed by atoms with Gasteiger partial charge < -0.3 is 10.4 Å². The van der Waals surface area contributed by atoms with Gasteiger partial charge in [-0.05, 0) is 68.0 Å². The van der Waals surface area contributed by atoms with Crippen LogP contribution >= 0.6 is 0 Å². The van der Waals surface area contributed by atoms with Crippen LogP contribution < -0.4 is 5.32 Å². The van der Waals surface area contributed by atoms with Crippen molar-refractivity contribution in [3.05, 3.63) is 106 Å². The second-order valence-electron chi connectivity index (χ2n) is 8.21. The molecule has 0 bridgehead atoms. The van der Waals surface area contributed by atoms with Crippen molar-refractivity contribution in [1.82, 2.24) is 0 Å². The van der Waals surface area contributed by atoms with Crippen LogP contribution in [0.1, 0.15) is 52.4 Å². The number of carboxylic acid groups (broad SMARTS) is 1. The van der Waals surface area contributed by atoms with Crippen molar-refractivity contribution < 1.29 is 14.7 Å². The zero-order chi connectivity index (χ0) is 23.6. The van der Waals surface area contributed by atoms with Gasteiger partial charge in [0.2, 0.25) is 0 Å². The molecule has 0 spiro atoms. The lowest BCUT2D eigenvalue weighted by atomic mass is 9.90. The Kier molecular flexibility index (Phi) is 8.47. The number of carbonyl (C=O) groups is 2. The second kappa shape index (κ2) is 11.7. The smallest absolute Gasteiger partial charge is 0.306 e. The number of carboxylic acids is 1. The molecule has 3 aromatic carbocycles. The summed E-state index contributed by atoms with van der Waals surface area (Å²) in [6, 6.07) is 23.2. The number of carbonyl (C=O) groups excluding carboxylic acids is 1. The van der Waals surface area contributed by atoms with E-state index in [-0.39, 0.29) is 12.3 Å². The van der Waals surface area contributed by atoms with Gasteiger partial charge in [-0.1, -0.05) is 65.3 Å². The molecular formula is C27H28N2O4. The van der Waals surface area contributed by atoms with Gasteiger partial charge in [-0.15, -0.1) is 0 Å². The molecule has 1 amide bonds. The van der Waals surface area contributed by atoms with Crippen LogP contribution in [0.15, 0.2) is 84.0 Å². The fourth-order valence-electron chi connectivity index (χ4n) is 3.75. The summed E-state index contributed by atoms with van der Waals surface area (Å²) in [5.74, 6) is -1.80. The molecule has 2 N–H and O–H groups in total. The van der Waals surface area contributed by atoms with Gasteiger partial charge in [-0.25, -0.2) is 0 Å². The molecule has 2 unspecified atom stereocenters. The van der Waals surface area contributed by atoms with Crippen LogP contribution in [0.5, 0.6) is 0 Å². The summed E-state index contributed by atoms with van der Waals surface area (Å²) in [6.07, 6.45) is 2.12. The molecule has 0 aliphatic heterocycles. The number of amides is 1. The van der Waals surface area contributed by atoms with E-state index in [0.29, 0.717) is 23.2 Å². The predicted molar refractivity (Wildman–Crippen MR) is 129 cm³/mol. The molecule has 33 heavy (non-hydrogen) atoms. The second-order valence-corrected chi connectivity index (χ2v) is 8.21. The minimum atomic E-state index is -0.918. The molecule has 3 aromatic rings. The largest absolute Gasteiger partial charge is 0.481 e. The van der Waals surface area contributed by atoms with E-state index < -0.39 is 17.9 Å². The maximum absolute atomic E-state index is 12.4. The first-order chi connectivity index (χ1) is 16.0. The van der Waals surface area contributed by atoms with Crippen LogP contribution in [-0.4, -0.2) is 17.0 Å². The van der Waals surface area contributed by atoms with Crippen molar-refractivity contribution in [3.8, 4) is 0 Å². The Morgan fingerprint density at radius 2 is 1.61 bits per heavy atom. The van der Waals surface area contributed by atoms with Crippen LogP contribution in [0.25, 0.3) is 0 Å². The number of aliphatic carboxylic acids is 1. The van der Waals surface area contributed by atoms with Gasteiger partial charge in [-0.2, -0.15) is 4.91 Å². The quantitative estimate of drug-likeness (QED) is 0.346. The number of nitroso groups, excluding NO2 is 1. The first kappa shape index (κ1) is 23.9. The average molecular weight is 445 g/mol. The molecule has 2 atom stereocenters. The summed E-state index contributed by atoms with van der Waals surface area (Å²) in [7, 11) is 0. The Morgan fingerprint density at radius 1 is 0.939 bits per heavy atom. The number of hydrogen-bond donors (Lipinski definition) is 2.